The average Bonchev–Trinajstić information content (AvgIpc) is 1.95. The summed E-state index contributed by atoms with van der Waals surface area (Å²) in [6.45, 7) is 10.9. The minimum absolute atomic E-state index is 0.0250. The van der Waals surface area contributed by atoms with Crippen LogP contribution < -0.4 is 5.32 Å². The van der Waals surface area contributed by atoms with Crippen LogP contribution in [-0.2, 0) is 4.79 Å². The van der Waals surface area contributed by atoms with Crippen LogP contribution in [0.25, 0.3) is 4.85 Å². The van der Waals surface area contributed by atoms with Crippen molar-refractivity contribution in [2.45, 2.75) is 32.7 Å². The SMILES string of the molecule is [C-]#[N+]CC(=O)NC1CC(C(C)C)C1. The Morgan fingerprint density at radius 3 is 2.69 bits per heavy atom. The van der Waals surface area contributed by atoms with Crippen LogP contribution in [0.2, 0.25) is 0 Å². The summed E-state index contributed by atoms with van der Waals surface area (Å²) < 4.78 is 0. The first kappa shape index (κ1) is 10.0. The van der Waals surface area contributed by atoms with Crippen molar-refractivity contribution in [1.82, 2.24) is 5.32 Å². The summed E-state index contributed by atoms with van der Waals surface area (Å²) in [5, 5.41) is 2.85. The molecule has 0 spiro atoms. The van der Waals surface area contributed by atoms with Crippen molar-refractivity contribution < 1.29 is 4.79 Å². The van der Waals surface area contributed by atoms with Gasteiger partial charge in [-0.25, -0.2) is 6.57 Å². The van der Waals surface area contributed by atoms with Crippen LogP contribution in [0.5, 0.6) is 0 Å². The van der Waals surface area contributed by atoms with E-state index in [9.17, 15) is 4.79 Å². The van der Waals surface area contributed by atoms with Gasteiger partial charge >= 0.3 is 0 Å². The molecule has 0 aromatic carbocycles. The maximum absolute atomic E-state index is 11.0. The van der Waals surface area contributed by atoms with E-state index in [0.29, 0.717) is 12.0 Å². The summed E-state index contributed by atoms with van der Waals surface area (Å²) in [5.74, 6) is 1.36. The lowest BCUT2D eigenvalue weighted by Crippen LogP contribution is -2.46. The molecule has 0 aliphatic heterocycles. The van der Waals surface area contributed by atoms with Gasteiger partial charge in [-0.1, -0.05) is 13.8 Å². The summed E-state index contributed by atoms with van der Waals surface area (Å²) >= 11 is 0. The number of amides is 1. The Morgan fingerprint density at radius 1 is 1.62 bits per heavy atom. The molecule has 72 valence electrons. The molecule has 0 saturated heterocycles. The highest BCUT2D eigenvalue weighted by Crippen LogP contribution is 2.33. The first-order chi connectivity index (χ1) is 6.13. The fraction of sp³-hybridized carbons (Fsp3) is 0.800. The zero-order valence-corrected chi connectivity index (χ0v) is 8.21. The van der Waals surface area contributed by atoms with E-state index in [1.54, 1.807) is 0 Å². The van der Waals surface area contributed by atoms with Crippen molar-refractivity contribution in [3.63, 3.8) is 0 Å². The fourth-order valence-electron chi connectivity index (χ4n) is 1.67. The molecule has 0 radical (unpaired) electrons. The molecule has 1 saturated carbocycles. The third-order valence-corrected chi connectivity index (χ3v) is 2.71. The molecular weight excluding hydrogens is 164 g/mol. The van der Waals surface area contributed by atoms with Gasteiger partial charge < -0.3 is 10.2 Å². The number of nitrogens with zero attached hydrogens (tertiary/aromatic N) is 1. The Morgan fingerprint density at radius 2 is 2.23 bits per heavy atom. The zero-order valence-electron chi connectivity index (χ0n) is 8.21. The Hall–Kier alpha value is -1.04. The van der Waals surface area contributed by atoms with Crippen molar-refractivity contribution in [3.8, 4) is 0 Å². The molecule has 1 rings (SSSR count). The molecule has 13 heavy (non-hydrogen) atoms. The van der Waals surface area contributed by atoms with Crippen LogP contribution in [0, 0.1) is 18.4 Å². The lowest BCUT2D eigenvalue weighted by molar-refractivity contribution is -0.120. The van der Waals surface area contributed by atoms with E-state index in [2.05, 4.69) is 24.0 Å². The van der Waals surface area contributed by atoms with Crippen molar-refractivity contribution in [1.29, 1.82) is 0 Å². The predicted octanol–water partition coefficient (Wildman–Crippen LogP) is 1.46. The van der Waals surface area contributed by atoms with Crippen molar-refractivity contribution in [2.24, 2.45) is 11.8 Å². The fourth-order valence-corrected chi connectivity index (χ4v) is 1.67. The summed E-state index contributed by atoms with van der Waals surface area (Å²) in [5.41, 5.74) is 0. The summed E-state index contributed by atoms with van der Waals surface area (Å²) in [7, 11) is 0. The minimum Gasteiger partial charge on any atom is -0.347 e. The van der Waals surface area contributed by atoms with Gasteiger partial charge in [0.15, 0.2) is 0 Å². The van der Waals surface area contributed by atoms with E-state index in [1.165, 1.54) is 0 Å². The first-order valence-electron chi connectivity index (χ1n) is 4.76. The van der Waals surface area contributed by atoms with E-state index in [0.717, 1.165) is 18.8 Å². The molecule has 3 nitrogen and oxygen atoms in total. The van der Waals surface area contributed by atoms with Gasteiger partial charge in [-0.2, -0.15) is 0 Å². The van der Waals surface area contributed by atoms with Gasteiger partial charge in [0, 0.05) is 6.04 Å². The van der Waals surface area contributed by atoms with Crippen LogP contribution in [-0.4, -0.2) is 18.5 Å². The quantitative estimate of drug-likeness (QED) is 0.655. The number of carbonyl (C=O) groups excluding carboxylic acids is 1. The highest BCUT2D eigenvalue weighted by molar-refractivity contribution is 5.79. The van der Waals surface area contributed by atoms with E-state index in [-0.39, 0.29) is 12.5 Å². The Kier molecular flexibility index (Phi) is 3.30. The van der Waals surface area contributed by atoms with Gasteiger partial charge in [0.1, 0.15) is 0 Å². The number of rotatable bonds is 3. The minimum atomic E-state index is -0.123. The van der Waals surface area contributed by atoms with Crippen LogP contribution in [0.3, 0.4) is 0 Å². The topological polar surface area (TPSA) is 33.5 Å². The maximum Gasteiger partial charge on any atom is 0.300 e. The van der Waals surface area contributed by atoms with Crippen LogP contribution in [0.1, 0.15) is 26.7 Å². The van der Waals surface area contributed by atoms with Crippen LogP contribution >= 0.6 is 0 Å². The maximum atomic E-state index is 11.0. The van der Waals surface area contributed by atoms with E-state index < -0.39 is 0 Å². The molecule has 1 fully saturated rings. The highest BCUT2D eigenvalue weighted by atomic mass is 16.1. The largest absolute Gasteiger partial charge is 0.347 e. The number of hydrogen-bond donors (Lipinski definition) is 1. The predicted molar refractivity (Wildman–Crippen MR) is 51.0 cm³/mol. The van der Waals surface area contributed by atoms with Crippen molar-refractivity contribution in [2.75, 3.05) is 6.54 Å². The molecule has 0 atom stereocenters. The van der Waals surface area contributed by atoms with Gasteiger partial charge in [-0.15, -0.1) is 0 Å². The summed E-state index contributed by atoms with van der Waals surface area (Å²) in [4.78, 5) is 14.0. The monoisotopic (exact) mass is 180 g/mol. The third-order valence-electron chi connectivity index (χ3n) is 2.71. The molecule has 1 aliphatic rings. The molecule has 0 unspecified atom stereocenters. The van der Waals surface area contributed by atoms with Gasteiger partial charge in [0.2, 0.25) is 0 Å². The molecule has 0 aromatic heterocycles. The second-order valence-corrected chi connectivity index (χ2v) is 4.06. The normalized spacial score (nSPS) is 26.3. The van der Waals surface area contributed by atoms with E-state index >= 15 is 0 Å². The molecule has 1 amide bonds. The Balaban J connectivity index is 2.15. The Labute approximate surface area is 79.3 Å². The van der Waals surface area contributed by atoms with Crippen molar-refractivity contribution in [3.05, 3.63) is 11.4 Å². The second-order valence-electron chi connectivity index (χ2n) is 4.06. The van der Waals surface area contributed by atoms with Crippen molar-refractivity contribution >= 4 is 5.91 Å². The second kappa shape index (κ2) is 4.27. The lowest BCUT2D eigenvalue weighted by Gasteiger charge is -2.38. The van der Waals surface area contributed by atoms with Crippen LogP contribution in [0.15, 0.2) is 0 Å². The average molecular weight is 180 g/mol. The molecule has 3 heteroatoms. The summed E-state index contributed by atoms with van der Waals surface area (Å²) in [6.07, 6.45) is 2.17. The highest BCUT2D eigenvalue weighted by Gasteiger charge is 2.32. The molecule has 0 bridgehead atoms. The standard InChI is InChI=1S/C10H16N2O/c1-7(2)8-4-9(5-8)12-10(13)6-11-3/h7-9H,4-6H2,1-2H3,(H,12,13). The van der Waals surface area contributed by atoms with E-state index in [1.807, 2.05) is 0 Å². The Bertz CT molecular complexity index is 224. The molecular formula is C10H16N2O. The van der Waals surface area contributed by atoms with Crippen LogP contribution in [0.4, 0.5) is 0 Å². The van der Waals surface area contributed by atoms with Gasteiger partial charge in [-0.3, -0.25) is 4.79 Å². The van der Waals surface area contributed by atoms with Gasteiger partial charge in [0.05, 0.1) is 0 Å². The molecule has 0 aromatic rings. The number of nitrogens with one attached hydrogen (secondary N) is 1. The first-order valence-corrected chi connectivity index (χ1v) is 4.76. The smallest absolute Gasteiger partial charge is 0.300 e. The summed E-state index contributed by atoms with van der Waals surface area (Å²) in [6, 6.07) is 0.335. The number of hydrogen-bond acceptors (Lipinski definition) is 1. The van der Waals surface area contributed by atoms with Gasteiger partial charge in [-0.05, 0) is 24.7 Å². The zero-order chi connectivity index (χ0) is 9.84. The van der Waals surface area contributed by atoms with Gasteiger partial charge in [0.25, 0.3) is 12.5 Å². The molecule has 1 N–H and O–H groups in total. The lowest BCUT2D eigenvalue weighted by atomic mass is 9.74. The van der Waals surface area contributed by atoms with E-state index in [4.69, 9.17) is 6.57 Å². The number of carbonyl (C=O) groups is 1. The third kappa shape index (κ3) is 2.73. The molecule has 0 heterocycles. The molecule has 1 aliphatic carbocycles.